The molecule has 0 spiro atoms. The summed E-state index contributed by atoms with van der Waals surface area (Å²) in [6, 6.07) is 0. The summed E-state index contributed by atoms with van der Waals surface area (Å²) in [5.74, 6) is 0.584. The Hall–Kier alpha value is -1.90. The van der Waals surface area contributed by atoms with Crippen LogP contribution in [-0.2, 0) is 0 Å². The molecule has 0 saturated heterocycles. The van der Waals surface area contributed by atoms with Gasteiger partial charge in [-0.25, -0.2) is 9.97 Å². The van der Waals surface area contributed by atoms with E-state index >= 15 is 0 Å². The van der Waals surface area contributed by atoms with Crippen LogP contribution in [0.2, 0.25) is 0 Å². The molecule has 22 heavy (non-hydrogen) atoms. The first-order chi connectivity index (χ1) is 10.8. The third kappa shape index (κ3) is 2.11. The third-order valence-electron chi connectivity index (χ3n) is 3.23. The number of hydrogen-bond donors (Lipinski definition) is 2. The molecule has 2 aromatic rings. The fraction of sp³-hybridized carbons (Fsp3) is 0. The Morgan fingerprint density at radius 1 is 0.909 bits per heavy atom. The Balaban J connectivity index is 1.64. The largest absolute Gasteiger partial charge is 0.444 e. The fourth-order valence-electron chi connectivity index (χ4n) is 2.20. The SMILES string of the molecule is C1=C2NC(=CS2)c2coc(n2)C=C2NC(=CS2)c2csc1n2. The molecule has 108 valence electrons. The summed E-state index contributed by atoms with van der Waals surface area (Å²) < 4.78 is 5.53. The predicted octanol–water partition coefficient (Wildman–Crippen LogP) is 3.71. The van der Waals surface area contributed by atoms with Gasteiger partial charge in [-0.2, -0.15) is 0 Å². The molecule has 0 aliphatic carbocycles. The van der Waals surface area contributed by atoms with Gasteiger partial charge in [-0.1, -0.05) is 23.5 Å². The highest BCUT2D eigenvalue weighted by atomic mass is 32.2. The highest BCUT2D eigenvalue weighted by Crippen LogP contribution is 2.35. The van der Waals surface area contributed by atoms with Gasteiger partial charge >= 0.3 is 0 Å². The van der Waals surface area contributed by atoms with E-state index in [4.69, 9.17) is 4.42 Å². The molecule has 5 rings (SSSR count). The molecule has 0 unspecified atom stereocenters. The molecule has 2 aromatic heterocycles. The molecule has 0 aromatic carbocycles. The van der Waals surface area contributed by atoms with Crippen molar-refractivity contribution in [1.82, 2.24) is 20.6 Å². The second-order valence-electron chi connectivity index (χ2n) is 4.71. The number of oxazole rings is 1. The maximum absolute atomic E-state index is 5.53. The van der Waals surface area contributed by atoms with Crippen molar-refractivity contribution in [3.63, 3.8) is 0 Å². The van der Waals surface area contributed by atoms with Gasteiger partial charge in [0.15, 0.2) is 0 Å². The molecule has 3 aliphatic heterocycles. The molecule has 0 saturated carbocycles. The Labute approximate surface area is 138 Å². The van der Waals surface area contributed by atoms with E-state index in [0.717, 1.165) is 37.8 Å². The number of nitrogens with zero attached hydrogens (tertiary/aromatic N) is 2. The van der Waals surface area contributed by atoms with Crippen LogP contribution in [-0.4, -0.2) is 9.97 Å². The summed E-state index contributed by atoms with van der Waals surface area (Å²) >= 11 is 4.87. The van der Waals surface area contributed by atoms with Crippen molar-refractivity contribution in [1.29, 1.82) is 0 Å². The van der Waals surface area contributed by atoms with Crippen LogP contribution in [0.5, 0.6) is 0 Å². The van der Waals surface area contributed by atoms with Crippen LogP contribution in [0.1, 0.15) is 22.3 Å². The number of nitrogens with one attached hydrogen (secondary N) is 2. The smallest absolute Gasteiger partial charge is 0.221 e. The number of hydrogen-bond acceptors (Lipinski definition) is 8. The van der Waals surface area contributed by atoms with Crippen LogP contribution in [0.25, 0.3) is 23.5 Å². The van der Waals surface area contributed by atoms with Crippen molar-refractivity contribution in [3.05, 3.63) is 54.8 Å². The Kier molecular flexibility index (Phi) is 2.76. The lowest BCUT2D eigenvalue weighted by atomic mass is 10.3. The van der Waals surface area contributed by atoms with Crippen molar-refractivity contribution < 1.29 is 4.42 Å². The Bertz CT molecular complexity index is 829. The van der Waals surface area contributed by atoms with Gasteiger partial charge in [-0.05, 0) is 0 Å². The molecule has 0 atom stereocenters. The zero-order chi connectivity index (χ0) is 14.5. The van der Waals surface area contributed by atoms with E-state index < -0.39 is 0 Å². The highest BCUT2D eigenvalue weighted by molar-refractivity contribution is 8.06. The molecular formula is C14H8N4OS3. The molecule has 5 nitrogen and oxygen atoms in total. The first kappa shape index (κ1) is 12.6. The summed E-state index contributed by atoms with van der Waals surface area (Å²) in [4.78, 5) is 9.17. The predicted molar refractivity (Wildman–Crippen MR) is 92.0 cm³/mol. The van der Waals surface area contributed by atoms with Crippen LogP contribution in [0.3, 0.4) is 0 Å². The number of rotatable bonds is 0. The fourth-order valence-corrected chi connectivity index (χ4v) is 4.56. The minimum Gasteiger partial charge on any atom is -0.444 e. The lowest BCUT2D eigenvalue weighted by Gasteiger charge is -2.02. The van der Waals surface area contributed by atoms with E-state index in [0.29, 0.717) is 5.89 Å². The minimum atomic E-state index is 0.584. The quantitative estimate of drug-likeness (QED) is 0.755. The molecule has 0 fully saturated rings. The zero-order valence-electron chi connectivity index (χ0n) is 11.0. The van der Waals surface area contributed by atoms with E-state index in [9.17, 15) is 0 Å². The molecule has 0 amide bonds. The molecular weight excluding hydrogens is 336 g/mol. The second kappa shape index (κ2) is 4.80. The first-order valence-corrected chi connectivity index (χ1v) is 9.10. The third-order valence-corrected chi connectivity index (χ3v) is 5.67. The van der Waals surface area contributed by atoms with Crippen LogP contribution >= 0.6 is 34.9 Å². The van der Waals surface area contributed by atoms with Crippen molar-refractivity contribution >= 4 is 58.4 Å². The van der Waals surface area contributed by atoms with Crippen LogP contribution in [0, 0.1) is 0 Å². The summed E-state index contributed by atoms with van der Waals surface area (Å²) in [6.45, 7) is 0. The lowest BCUT2D eigenvalue weighted by Crippen LogP contribution is -2.06. The van der Waals surface area contributed by atoms with Crippen molar-refractivity contribution in [2.75, 3.05) is 0 Å². The number of aromatic nitrogens is 2. The van der Waals surface area contributed by atoms with Crippen LogP contribution in [0.4, 0.5) is 0 Å². The van der Waals surface area contributed by atoms with E-state index in [2.05, 4.69) is 37.5 Å². The maximum atomic E-state index is 5.53. The highest BCUT2D eigenvalue weighted by Gasteiger charge is 2.19. The molecule has 0 radical (unpaired) electrons. The van der Waals surface area contributed by atoms with Gasteiger partial charge < -0.3 is 15.1 Å². The summed E-state index contributed by atoms with van der Waals surface area (Å²) in [5, 5.41) is 15.9. The van der Waals surface area contributed by atoms with Crippen LogP contribution in [0.15, 0.2) is 36.9 Å². The minimum absolute atomic E-state index is 0.584. The van der Waals surface area contributed by atoms with Gasteiger partial charge in [0, 0.05) is 28.3 Å². The Morgan fingerprint density at radius 2 is 1.68 bits per heavy atom. The van der Waals surface area contributed by atoms with E-state index in [1.165, 1.54) is 0 Å². The average Bonchev–Trinajstić information content (AvgIpc) is 3.24. The zero-order valence-corrected chi connectivity index (χ0v) is 13.4. The average molecular weight is 344 g/mol. The Morgan fingerprint density at radius 3 is 2.55 bits per heavy atom. The molecule has 5 heterocycles. The molecule has 8 heteroatoms. The first-order valence-electron chi connectivity index (χ1n) is 6.46. The topological polar surface area (TPSA) is 63.0 Å². The molecule has 2 N–H and O–H groups in total. The van der Waals surface area contributed by atoms with Gasteiger partial charge in [0.25, 0.3) is 0 Å². The van der Waals surface area contributed by atoms with Gasteiger partial charge in [0.05, 0.1) is 27.1 Å². The standard InChI is InChI=1S/C14H8N4OS3/c1-11-15-7(3-19-11)8-4-21-13(16-8)2-14-18-10(6-22-14)9-5-20-12(1)17-9/h1-6,16-17H. The monoisotopic (exact) mass is 344 g/mol. The van der Waals surface area contributed by atoms with Crippen molar-refractivity contribution in [2.24, 2.45) is 0 Å². The maximum Gasteiger partial charge on any atom is 0.221 e. The van der Waals surface area contributed by atoms with Gasteiger partial charge in [-0.15, -0.1) is 11.3 Å². The van der Waals surface area contributed by atoms with Gasteiger partial charge in [0.2, 0.25) is 5.89 Å². The van der Waals surface area contributed by atoms with Crippen LogP contribution < -0.4 is 10.6 Å². The molecule has 8 bridgehead atoms. The van der Waals surface area contributed by atoms with E-state index in [-0.39, 0.29) is 0 Å². The van der Waals surface area contributed by atoms with Crippen molar-refractivity contribution in [3.8, 4) is 0 Å². The van der Waals surface area contributed by atoms with E-state index in [1.807, 2.05) is 11.5 Å². The second-order valence-corrected chi connectivity index (χ2v) is 7.42. The lowest BCUT2D eigenvalue weighted by molar-refractivity contribution is 0.546. The summed E-state index contributed by atoms with van der Waals surface area (Å²) in [5.41, 5.74) is 3.71. The number of thioether (sulfide) groups is 2. The summed E-state index contributed by atoms with van der Waals surface area (Å²) in [6.07, 6.45) is 5.62. The number of thiazole rings is 1. The van der Waals surface area contributed by atoms with Gasteiger partial charge in [-0.3, -0.25) is 0 Å². The molecule has 3 aliphatic rings. The van der Waals surface area contributed by atoms with Crippen molar-refractivity contribution in [2.45, 2.75) is 0 Å². The summed E-state index contributed by atoms with van der Waals surface area (Å²) in [7, 11) is 0. The number of fused-ring (bicyclic) bond motifs is 10. The van der Waals surface area contributed by atoms with E-state index in [1.54, 1.807) is 41.1 Å². The normalized spacial score (nSPS) is 18.5. The van der Waals surface area contributed by atoms with Gasteiger partial charge in [0.1, 0.15) is 17.0 Å².